The molecule has 0 spiro atoms. The Labute approximate surface area is 173 Å². The highest BCUT2D eigenvalue weighted by atomic mass is 35.5. The summed E-state index contributed by atoms with van der Waals surface area (Å²) in [7, 11) is 0. The minimum absolute atomic E-state index is 0.286. The third kappa shape index (κ3) is 3.94. The minimum atomic E-state index is -0.286. The molecule has 0 aliphatic carbocycles. The van der Waals surface area contributed by atoms with Crippen LogP contribution in [0.2, 0.25) is 5.15 Å². The first kappa shape index (κ1) is 19.3. The summed E-state index contributed by atoms with van der Waals surface area (Å²) in [6.07, 6.45) is 5.89. The fraction of sp³-hybridized carbons (Fsp3) is 0.333. The molecule has 8 heteroatoms. The van der Waals surface area contributed by atoms with E-state index in [9.17, 15) is 9.65 Å². The Bertz CT molecular complexity index is 1100. The van der Waals surface area contributed by atoms with Gasteiger partial charge in [-0.2, -0.15) is 10.4 Å². The van der Waals surface area contributed by atoms with Gasteiger partial charge in [0.05, 0.1) is 17.8 Å². The smallest absolute Gasteiger partial charge is 0.174 e. The predicted molar refractivity (Wildman–Crippen MR) is 109 cm³/mol. The van der Waals surface area contributed by atoms with Crippen LogP contribution in [-0.2, 0) is 19.5 Å². The molecule has 29 heavy (non-hydrogen) atoms. The summed E-state index contributed by atoms with van der Waals surface area (Å²) in [5.41, 5.74) is 2.68. The van der Waals surface area contributed by atoms with Crippen LogP contribution in [0.1, 0.15) is 47.7 Å². The summed E-state index contributed by atoms with van der Waals surface area (Å²) in [5, 5.41) is 23.2. The maximum atomic E-state index is 13.1. The van der Waals surface area contributed by atoms with E-state index in [1.807, 2.05) is 11.5 Å². The molecule has 0 radical (unpaired) electrons. The highest BCUT2D eigenvalue weighted by molar-refractivity contribution is 6.31. The van der Waals surface area contributed by atoms with E-state index in [1.54, 1.807) is 22.9 Å². The van der Waals surface area contributed by atoms with Gasteiger partial charge in [-0.25, -0.2) is 9.07 Å². The fourth-order valence-corrected chi connectivity index (χ4v) is 3.86. The van der Waals surface area contributed by atoms with E-state index in [4.69, 9.17) is 11.6 Å². The van der Waals surface area contributed by atoms with Crippen LogP contribution in [0.15, 0.2) is 24.3 Å². The van der Waals surface area contributed by atoms with Crippen molar-refractivity contribution >= 4 is 23.3 Å². The lowest BCUT2D eigenvalue weighted by Gasteiger charge is -2.06. The van der Waals surface area contributed by atoms with E-state index in [1.165, 1.54) is 12.1 Å². The van der Waals surface area contributed by atoms with E-state index >= 15 is 0 Å². The second-order valence-corrected chi connectivity index (χ2v) is 7.50. The van der Waals surface area contributed by atoms with Crippen molar-refractivity contribution in [3.8, 4) is 6.07 Å². The number of benzene rings is 1. The monoisotopic (exact) mass is 410 g/mol. The van der Waals surface area contributed by atoms with Crippen molar-refractivity contribution in [2.45, 2.75) is 45.7 Å². The van der Waals surface area contributed by atoms with Gasteiger partial charge in [-0.15, -0.1) is 10.2 Å². The first-order valence-corrected chi connectivity index (χ1v) is 9.96. The summed E-state index contributed by atoms with van der Waals surface area (Å²) >= 11 is 6.57. The van der Waals surface area contributed by atoms with E-state index < -0.39 is 0 Å². The Morgan fingerprint density at radius 2 is 2.03 bits per heavy atom. The number of allylic oxidation sites excluding steroid dienone is 1. The molecule has 0 fully saturated rings. The summed E-state index contributed by atoms with van der Waals surface area (Å²) in [6, 6.07) is 8.46. The molecule has 1 aliphatic heterocycles. The molecule has 0 saturated heterocycles. The Kier molecular flexibility index (Phi) is 5.45. The number of halogens is 2. The molecular formula is C21H20ClFN6. The third-order valence-electron chi connectivity index (χ3n) is 5.11. The Morgan fingerprint density at radius 1 is 1.24 bits per heavy atom. The summed E-state index contributed by atoms with van der Waals surface area (Å²) in [4.78, 5) is 0. The van der Waals surface area contributed by atoms with Crippen LogP contribution in [0.25, 0.3) is 11.6 Å². The van der Waals surface area contributed by atoms with Crippen LogP contribution in [0, 0.1) is 24.1 Å². The average Bonchev–Trinajstić information content (AvgIpc) is 3.12. The third-order valence-corrected chi connectivity index (χ3v) is 5.51. The van der Waals surface area contributed by atoms with Gasteiger partial charge in [-0.05, 0) is 43.5 Å². The molecule has 0 bridgehead atoms. The van der Waals surface area contributed by atoms with Crippen LogP contribution in [-0.4, -0.2) is 24.5 Å². The van der Waals surface area contributed by atoms with Crippen LogP contribution in [0.5, 0.6) is 0 Å². The molecule has 0 atom stereocenters. The zero-order valence-electron chi connectivity index (χ0n) is 16.1. The number of nitriles is 1. The van der Waals surface area contributed by atoms with Crippen molar-refractivity contribution in [3.63, 3.8) is 0 Å². The zero-order chi connectivity index (χ0) is 20.4. The quantitative estimate of drug-likeness (QED) is 0.597. The molecule has 0 N–H and O–H groups in total. The van der Waals surface area contributed by atoms with Crippen molar-refractivity contribution in [3.05, 3.63) is 63.7 Å². The largest absolute Gasteiger partial charge is 0.310 e. The normalized spacial score (nSPS) is 14.3. The lowest BCUT2D eigenvalue weighted by atomic mass is 10.1. The maximum Gasteiger partial charge on any atom is 0.174 e. The van der Waals surface area contributed by atoms with E-state index in [0.717, 1.165) is 43.6 Å². The molecule has 6 nitrogen and oxygen atoms in total. The van der Waals surface area contributed by atoms with Crippen molar-refractivity contribution in [1.29, 1.82) is 5.26 Å². The molecule has 3 aromatic rings. The first-order valence-electron chi connectivity index (χ1n) is 9.58. The Morgan fingerprint density at radius 3 is 2.79 bits per heavy atom. The molecule has 0 saturated carbocycles. The van der Waals surface area contributed by atoms with Crippen LogP contribution in [0.4, 0.5) is 4.39 Å². The Balaban J connectivity index is 1.68. The van der Waals surface area contributed by atoms with Crippen LogP contribution in [0.3, 0.4) is 0 Å². The van der Waals surface area contributed by atoms with E-state index in [2.05, 4.69) is 21.4 Å². The highest BCUT2D eigenvalue weighted by Gasteiger charge is 2.20. The van der Waals surface area contributed by atoms with Gasteiger partial charge in [-0.3, -0.25) is 0 Å². The fourth-order valence-electron chi connectivity index (χ4n) is 3.57. The molecule has 3 heterocycles. The van der Waals surface area contributed by atoms with Crippen molar-refractivity contribution in [2.75, 3.05) is 0 Å². The SMILES string of the molecule is Cc1nn(Cc2ccc(F)cc2)c(Cl)c1/C=C(\C#N)c1nnc2n1CCCCC2. The van der Waals surface area contributed by atoms with Gasteiger partial charge in [0.25, 0.3) is 0 Å². The predicted octanol–water partition coefficient (Wildman–Crippen LogP) is 4.41. The first-order chi connectivity index (χ1) is 14.1. The Hall–Kier alpha value is -2.98. The van der Waals surface area contributed by atoms with Gasteiger partial charge in [0.1, 0.15) is 22.9 Å². The number of aryl methyl sites for hydroxylation is 2. The average molecular weight is 411 g/mol. The summed E-state index contributed by atoms with van der Waals surface area (Å²) in [6.45, 7) is 3.07. The number of rotatable bonds is 4. The number of fused-ring (bicyclic) bond motifs is 1. The highest BCUT2D eigenvalue weighted by Crippen LogP contribution is 2.27. The number of hydrogen-bond acceptors (Lipinski definition) is 4. The van der Waals surface area contributed by atoms with E-state index in [-0.39, 0.29) is 5.82 Å². The second kappa shape index (κ2) is 8.18. The lowest BCUT2D eigenvalue weighted by molar-refractivity contribution is 0.624. The van der Waals surface area contributed by atoms with Crippen LogP contribution < -0.4 is 0 Å². The van der Waals surface area contributed by atoms with Gasteiger partial charge in [0.2, 0.25) is 0 Å². The maximum absolute atomic E-state index is 13.1. The summed E-state index contributed by atoms with van der Waals surface area (Å²) < 4.78 is 16.8. The molecule has 4 rings (SSSR count). The molecule has 148 valence electrons. The van der Waals surface area contributed by atoms with Gasteiger partial charge >= 0.3 is 0 Å². The zero-order valence-corrected chi connectivity index (χ0v) is 16.8. The molecule has 0 amide bonds. The topological polar surface area (TPSA) is 72.3 Å². The van der Waals surface area contributed by atoms with Crippen molar-refractivity contribution in [2.24, 2.45) is 0 Å². The lowest BCUT2D eigenvalue weighted by Crippen LogP contribution is -2.05. The number of hydrogen-bond donors (Lipinski definition) is 0. The molecule has 1 aliphatic rings. The summed E-state index contributed by atoms with van der Waals surface area (Å²) in [5.74, 6) is 1.21. The molecule has 2 aromatic heterocycles. The minimum Gasteiger partial charge on any atom is -0.310 e. The second-order valence-electron chi connectivity index (χ2n) is 7.15. The van der Waals surface area contributed by atoms with Gasteiger partial charge in [0, 0.05) is 18.5 Å². The molecule has 0 unspecified atom stereocenters. The van der Waals surface area contributed by atoms with Crippen LogP contribution >= 0.6 is 11.6 Å². The standard InChI is InChI=1S/C21H20ClFN6/c1-14-18(20(22)29(27-14)13-15-6-8-17(23)9-7-15)11-16(12-24)21-26-25-19-5-3-2-4-10-28(19)21/h6-9,11H,2-5,10,13H2,1H3/b16-11+. The molecular weight excluding hydrogens is 391 g/mol. The van der Waals surface area contributed by atoms with Crippen molar-refractivity contribution < 1.29 is 4.39 Å². The molecule has 1 aromatic carbocycles. The van der Waals surface area contributed by atoms with E-state index in [0.29, 0.717) is 34.4 Å². The number of nitrogens with zero attached hydrogens (tertiary/aromatic N) is 6. The van der Waals surface area contributed by atoms with Crippen molar-refractivity contribution in [1.82, 2.24) is 24.5 Å². The van der Waals surface area contributed by atoms with Gasteiger partial charge in [-0.1, -0.05) is 30.2 Å². The van der Waals surface area contributed by atoms with Gasteiger partial charge in [0.15, 0.2) is 5.82 Å². The van der Waals surface area contributed by atoms with Gasteiger partial charge < -0.3 is 4.57 Å². The number of aromatic nitrogens is 5.